The fourth-order valence-corrected chi connectivity index (χ4v) is 3.10. The molecule has 0 aromatic carbocycles. The Hall–Kier alpha value is -2.06. The highest BCUT2D eigenvalue weighted by atomic mass is 16.5. The average molecular weight is 332 g/mol. The highest BCUT2D eigenvalue weighted by Gasteiger charge is 2.27. The highest BCUT2D eigenvalue weighted by Crippen LogP contribution is 2.29. The number of ether oxygens (including phenoxy) is 1. The summed E-state index contributed by atoms with van der Waals surface area (Å²) in [6.07, 6.45) is 4.86. The van der Waals surface area contributed by atoms with Crippen molar-refractivity contribution in [1.29, 1.82) is 0 Å². The van der Waals surface area contributed by atoms with Crippen LogP contribution >= 0.6 is 0 Å². The van der Waals surface area contributed by atoms with Crippen LogP contribution in [0.15, 0.2) is 12.4 Å². The lowest BCUT2D eigenvalue weighted by Gasteiger charge is -2.07. The molecule has 1 fully saturated rings. The van der Waals surface area contributed by atoms with Crippen LogP contribution in [-0.2, 0) is 16.1 Å². The van der Waals surface area contributed by atoms with Crippen LogP contribution in [0.3, 0.4) is 0 Å². The molecule has 8 nitrogen and oxygen atoms in total. The summed E-state index contributed by atoms with van der Waals surface area (Å²) in [7, 11) is 3.71. The molecule has 130 valence electrons. The van der Waals surface area contributed by atoms with E-state index in [9.17, 15) is 4.79 Å². The van der Waals surface area contributed by atoms with Crippen LogP contribution in [0.5, 0.6) is 0 Å². The minimum absolute atomic E-state index is 0.0166. The van der Waals surface area contributed by atoms with Crippen LogP contribution < -0.4 is 5.32 Å². The number of methoxy groups -OCH3 is 1. The van der Waals surface area contributed by atoms with E-state index in [-0.39, 0.29) is 5.91 Å². The maximum absolute atomic E-state index is 11.7. The number of nitrogens with zero attached hydrogens (tertiary/aromatic N) is 5. The summed E-state index contributed by atoms with van der Waals surface area (Å²) in [6, 6.07) is 0. The van der Waals surface area contributed by atoms with Gasteiger partial charge in [0.05, 0.1) is 18.8 Å². The number of likely N-dealkylation sites (N-methyl/N-ethyl adjacent to an activating group) is 1. The Morgan fingerprint density at radius 2 is 2.25 bits per heavy atom. The van der Waals surface area contributed by atoms with Gasteiger partial charge in [0.2, 0.25) is 5.91 Å². The van der Waals surface area contributed by atoms with E-state index in [4.69, 9.17) is 9.84 Å². The van der Waals surface area contributed by atoms with Crippen molar-refractivity contribution in [2.24, 2.45) is 0 Å². The van der Waals surface area contributed by atoms with E-state index in [1.807, 2.05) is 4.68 Å². The lowest BCUT2D eigenvalue weighted by atomic mass is 10.0. The minimum Gasteiger partial charge on any atom is -0.384 e. The number of likely N-dealkylation sites (tertiary alicyclic amines) is 1. The van der Waals surface area contributed by atoms with Crippen molar-refractivity contribution in [2.75, 3.05) is 40.4 Å². The Kier molecular flexibility index (Phi) is 5.37. The Bertz CT molecular complexity index is 701. The molecule has 0 saturated carbocycles. The quantitative estimate of drug-likeness (QED) is 0.790. The summed E-state index contributed by atoms with van der Waals surface area (Å²) in [5.41, 5.74) is 2.69. The molecule has 8 heteroatoms. The zero-order valence-electron chi connectivity index (χ0n) is 14.2. The summed E-state index contributed by atoms with van der Waals surface area (Å²) in [5.74, 6) is 0.379. The molecule has 2 aromatic rings. The summed E-state index contributed by atoms with van der Waals surface area (Å²) in [5, 5.41) is 7.63. The topological polar surface area (TPSA) is 85.2 Å². The third-order valence-corrected chi connectivity index (χ3v) is 4.35. The van der Waals surface area contributed by atoms with E-state index >= 15 is 0 Å². The molecule has 1 saturated heterocycles. The number of hydrogen-bond donors (Lipinski definition) is 1. The van der Waals surface area contributed by atoms with Crippen LogP contribution in [-0.4, -0.2) is 71.0 Å². The molecule has 2 aromatic heterocycles. The van der Waals surface area contributed by atoms with Crippen LogP contribution in [0.25, 0.3) is 11.2 Å². The fourth-order valence-electron chi connectivity index (χ4n) is 3.10. The van der Waals surface area contributed by atoms with Crippen molar-refractivity contribution >= 4 is 17.1 Å². The van der Waals surface area contributed by atoms with Crippen molar-refractivity contribution in [3.63, 3.8) is 0 Å². The monoisotopic (exact) mass is 332 g/mol. The predicted molar refractivity (Wildman–Crippen MR) is 89.7 cm³/mol. The van der Waals surface area contributed by atoms with E-state index in [1.165, 1.54) is 0 Å². The first-order chi connectivity index (χ1) is 11.7. The number of rotatable bonds is 7. The van der Waals surface area contributed by atoms with Gasteiger partial charge in [-0.15, -0.1) is 0 Å². The number of hydrogen-bond acceptors (Lipinski definition) is 6. The smallest absolute Gasteiger partial charge is 0.222 e. The van der Waals surface area contributed by atoms with Gasteiger partial charge in [0.25, 0.3) is 0 Å². The fraction of sp³-hybridized carbons (Fsp3) is 0.625. The lowest BCUT2D eigenvalue weighted by Crippen LogP contribution is -2.28. The van der Waals surface area contributed by atoms with Crippen LogP contribution in [0.4, 0.5) is 0 Å². The molecule has 1 amide bonds. The zero-order valence-corrected chi connectivity index (χ0v) is 14.2. The van der Waals surface area contributed by atoms with Gasteiger partial charge in [-0.25, -0.2) is 14.6 Å². The first-order valence-corrected chi connectivity index (χ1v) is 8.30. The molecule has 0 bridgehead atoms. The highest BCUT2D eigenvalue weighted by molar-refractivity contribution is 5.76. The van der Waals surface area contributed by atoms with Crippen molar-refractivity contribution < 1.29 is 9.53 Å². The second kappa shape index (κ2) is 7.67. The van der Waals surface area contributed by atoms with Gasteiger partial charge in [-0.3, -0.25) is 4.79 Å². The molecule has 3 heterocycles. The summed E-state index contributed by atoms with van der Waals surface area (Å²) < 4.78 is 6.76. The number of carbonyl (C=O) groups is 1. The Morgan fingerprint density at radius 1 is 1.42 bits per heavy atom. The zero-order chi connectivity index (χ0) is 16.9. The van der Waals surface area contributed by atoms with E-state index < -0.39 is 0 Å². The number of carbonyl (C=O) groups excluding carboxylic acids is 1. The number of fused-ring (bicyclic) bond motifs is 1. The Labute approximate surface area is 141 Å². The molecule has 24 heavy (non-hydrogen) atoms. The Balaban J connectivity index is 1.70. The van der Waals surface area contributed by atoms with E-state index in [2.05, 4.69) is 27.2 Å². The summed E-state index contributed by atoms with van der Waals surface area (Å²) >= 11 is 0. The molecule has 0 spiro atoms. The van der Waals surface area contributed by atoms with Crippen LogP contribution in [0.2, 0.25) is 0 Å². The molecule has 3 rings (SSSR count). The molecular formula is C16H24N6O2. The Morgan fingerprint density at radius 3 is 3.00 bits per heavy atom. The number of aromatic nitrogens is 4. The van der Waals surface area contributed by atoms with Crippen molar-refractivity contribution in [2.45, 2.75) is 25.3 Å². The molecule has 1 aliphatic heterocycles. The van der Waals surface area contributed by atoms with Gasteiger partial charge in [0.15, 0.2) is 5.65 Å². The standard InChI is InChI=1S/C16H24N6O2/c1-21-8-3-12(11-21)14-15-16(19-6-5-18-15)22(20-14)9-7-17-13(23)4-10-24-2/h5-6,12H,3-4,7-11H2,1-2H3,(H,17,23)/t12-/m0/s1. The van der Waals surface area contributed by atoms with Crippen LogP contribution in [0, 0.1) is 0 Å². The maximum Gasteiger partial charge on any atom is 0.222 e. The number of amides is 1. The maximum atomic E-state index is 11.7. The van der Waals surface area contributed by atoms with Crippen LogP contribution in [0.1, 0.15) is 24.5 Å². The van der Waals surface area contributed by atoms with Crippen molar-refractivity contribution in [3.05, 3.63) is 18.1 Å². The second-order valence-electron chi connectivity index (χ2n) is 6.18. The minimum atomic E-state index is -0.0166. The summed E-state index contributed by atoms with van der Waals surface area (Å²) in [6.45, 7) is 3.60. The first kappa shape index (κ1) is 16.8. The molecule has 1 N–H and O–H groups in total. The molecule has 1 aliphatic rings. The molecular weight excluding hydrogens is 308 g/mol. The van der Waals surface area contributed by atoms with Gasteiger partial charge in [-0.2, -0.15) is 5.10 Å². The van der Waals surface area contributed by atoms with E-state index in [0.717, 1.165) is 36.4 Å². The van der Waals surface area contributed by atoms with Gasteiger partial charge >= 0.3 is 0 Å². The lowest BCUT2D eigenvalue weighted by molar-refractivity contribution is -0.121. The molecule has 1 atom stereocenters. The molecule has 0 radical (unpaired) electrons. The van der Waals surface area contributed by atoms with Gasteiger partial charge in [-0.05, 0) is 20.0 Å². The van der Waals surface area contributed by atoms with Gasteiger partial charge < -0.3 is 15.0 Å². The summed E-state index contributed by atoms with van der Waals surface area (Å²) in [4.78, 5) is 22.9. The predicted octanol–water partition coefficient (Wildman–Crippen LogP) is 0.398. The van der Waals surface area contributed by atoms with E-state index in [1.54, 1.807) is 19.5 Å². The third-order valence-electron chi connectivity index (χ3n) is 4.35. The number of nitrogens with one attached hydrogen (secondary N) is 1. The van der Waals surface area contributed by atoms with E-state index in [0.29, 0.717) is 32.0 Å². The van der Waals surface area contributed by atoms with Crippen molar-refractivity contribution in [3.8, 4) is 0 Å². The van der Waals surface area contributed by atoms with Gasteiger partial charge in [0.1, 0.15) is 5.52 Å². The normalized spacial score (nSPS) is 18.3. The average Bonchev–Trinajstić information content (AvgIpc) is 3.17. The van der Waals surface area contributed by atoms with Gasteiger partial charge in [0, 0.05) is 44.9 Å². The van der Waals surface area contributed by atoms with Gasteiger partial charge in [-0.1, -0.05) is 0 Å². The molecule has 0 aliphatic carbocycles. The third kappa shape index (κ3) is 3.70. The van der Waals surface area contributed by atoms with Crippen molar-refractivity contribution in [1.82, 2.24) is 30.0 Å². The largest absolute Gasteiger partial charge is 0.384 e. The molecule has 0 unspecified atom stereocenters. The second-order valence-corrected chi connectivity index (χ2v) is 6.18. The SMILES string of the molecule is COCCC(=O)NCCn1nc([C@H]2CCN(C)C2)c2nccnc21. The first-order valence-electron chi connectivity index (χ1n) is 8.30.